The maximum atomic E-state index is 13.1. The number of nitrogens with one attached hydrogen (secondary N) is 2. The lowest BCUT2D eigenvalue weighted by Crippen LogP contribution is -2.41. The molecule has 2 aromatic carbocycles. The van der Waals surface area contributed by atoms with Gasteiger partial charge in [-0.25, -0.2) is 4.68 Å². The molecular weight excluding hydrogens is 382 g/mol. The monoisotopic (exact) mass is 399 g/mol. The van der Waals surface area contributed by atoms with E-state index in [1.54, 1.807) is 6.07 Å². The molecule has 0 spiro atoms. The average Bonchev–Trinajstić information content (AvgIpc) is 3.04. The molecule has 1 aliphatic rings. The molecule has 0 aliphatic carbocycles. The van der Waals surface area contributed by atoms with E-state index in [2.05, 4.69) is 20.9 Å². The summed E-state index contributed by atoms with van der Waals surface area (Å²) in [5.74, 6) is 0.635. The van der Waals surface area contributed by atoms with Crippen molar-refractivity contribution in [1.82, 2.24) is 14.9 Å². The quantitative estimate of drug-likeness (QED) is 0.697. The van der Waals surface area contributed by atoms with Crippen LogP contribution in [0.25, 0.3) is 0 Å². The van der Waals surface area contributed by atoms with Crippen molar-refractivity contribution >= 4 is 35.0 Å². The Bertz CT molecular complexity index is 991. The number of hydrogen-bond acceptors (Lipinski definition) is 5. The molecule has 3 aromatic rings. The Balaban J connectivity index is 1.65. The molecule has 0 saturated carbocycles. The van der Waals surface area contributed by atoms with E-state index < -0.39 is 5.25 Å². The van der Waals surface area contributed by atoms with E-state index in [0.717, 1.165) is 17.0 Å². The number of nitrogens with zero attached hydrogens (tertiary/aromatic N) is 3. The standard InChI is InChI=1S/C19H18ClN5OS/c1-11-8-9-14(10-15(11)20)21-18(26)17-16(13-6-4-3-5-7-13)24-25-12(2)22-23-19(25)27-17/h3-10,16-17,24H,1-2H3,(H,21,26)/t16-,17+/m1/s1. The van der Waals surface area contributed by atoms with Gasteiger partial charge in [0.25, 0.3) is 0 Å². The third kappa shape index (κ3) is 3.52. The smallest absolute Gasteiger partial charge is 0.240 e. The number of halogens is 1. The number of aryl methyl sites for hydroxylation is 2. The first-order chi connectivity index (χ1) is 13.0. The summed E-state index contributed by atoms with van der Waals surface area (Å²) in [6.45, 7) is 3.80. The zero-order valence-electron chi connectivity index (χ0n) is 14.8. The predicted octanol–water partition coefficient (Wildman–Crippen LogP) is 3.95. The number of fused-ring (bicyclic) bond motifs is 1. The van der Waals surface area contributed by atoms with Gasteiger partial charge in [-0.05, 0) is 37.1 Å². The maximum Gasteiger partial charge on any atom is 0.240 e. The molecule has 0 saturated heterocycles. The minimum atomic E-state index is -0.413. The summed E-state index contributed by atoms with van der Waals surface area (Å²) in [6, 6.07) is 15.2. The number of hydrogen-bond donors (Lipinski definition) is 2. The van der Waals surface area contributed by atoms with Crippen LogP contribution in [0.4, 0.5) is 5.69 Å². The number of carbonyl (C=O) groups is 1. The molecule has 4 rings (SSSR count). The molecule has 0 radical (unpaired) electrons. The molecule has 8 heteroatoms. The normalized spacial score (nSPS) is 18.5. The molecule has 0 fully saturated rings. The molecule has 2 N–H and O–H groups in total. The van der Waals surface area contributed by atoms with E-state index in [-0.39, 0.29) is 11.9 Å². The van der Waals surface area contributed by atoms with Gasteiger partial charge in [-0.15, -0.1) is 10.2 Å². The molecule has 2 heterocycles. The minimum Gasteiger partial charge on any atom is -0.325 e. The third-order valence-corrected chi connectivity index (χ3v) is 6.08. The van der Waals surface area contributed by atoms with Gasteiger partial charge in [-0.1, -0.05) is 59.8 Å². The third-order valence-electron chi connectivity index (χ3n) is 4.45. The fourth-order valence-electron chi connectivity index (χ4n) is 2.95. The number of rotatable bonds is 3. The van der Waals surface area contributed by atoms with Crippen LogP contribution < -0.4 is 10.7 Å². The Kier molecular flexibility index (Phi) is 4.80. The average molecular weight is 400 g/mol. The summed E-state index contributed by atoms with van der Waals surface area (Å²) >= 11 is 7.58. The molecule has 2 atom stereocenters. The molecule has 6 nitrogen and oxygen atoms in total. The van der Waals surface area contributed by atoms with Gasteiger partial charge in [0.05, 0.1) is 6.04 Å². The highest BCUT2D eigenvalue weighted by Gasteiger charge is 2.37. The second-order valence-corrected chi connectivity index (χ2v) is 7.89. The van der Waals surface area contributed by atoms with E-state index in [1.807, 2.05) is 61.0 Å². The summed E-state index contributed by atoms with van der Waals surface area (Å²) in [5.41, 5.74) is 6.04. The Morgan fingerprint density at radius 1 is 1.19 bits per heavy atom. The second kappa shape index (κ2) is 7.25. The molecule has 27 heavy (non-hydrogen) atoms. The van der Waals surface area contributed by atoms with Crippen molar-refractivity contribution in [2.45, 2.75) is 30.3 Å². The van der Waals surface area contributed by atoms with E-state index >= 15 is 0 Å². The lowest BCUT2D eigenvalue weighted by atomic mass is 10.0. The number of carbonyl (C=O) groups excluding carboxylic acids is 1. The molecule has 0 bridgehead atoms. The van der Waals surface area contributed by atoms with Gasteiger partial charge in [0.15, 0.2) is 0 Å². The lowest BCUT2D eigenvalue weighted by Gasteiger charge is -2.32. The first kappa shape index (κ1) is 17.9. The van der Waals surface area contributed by atoms with Crippen molar-refractivity contribution in [1.29, 1.82) is 0 Å². The fourth-order valence-corrected chi connectivity index (χ4v) is 4.26. The van der Waals surface area contributed by atoms with Gasteiger partial charge < -0.3 is 10.7 Å². The molecule has 1 aromatic heterocycles. The Morgan fingerprint density at radius 2 is 1.96 bits per heavy atom. The summed E-state index contributed by atoms with van der Waals surface area (Å²) in [6.07, 6.45) is 0. The number of amides is 1. The van der Waals surface area contributed by atoms with Crippen LogP contribution in [-0.2, 0) is 4.79 Å². The van der Waals surface area contributed by atoms with Crippen molar-refractivity contribution in [2.24, 2.45) is 0 Å². The summed E-state index contributed by atoms with van der Waals surface area (Å²) < 4.78 is 1.83. The second-order valence-electron chi connectivity index (χ2n) is 6.37. The molecule has 138 valence electrons. The number of benzene rings is 2. The van der Waals surface area contributed by atoms with Gasteiger partial charge in [0.1, 0.15) is 11.1 Å². The van der Waals surface area contributed by atoms with Crippen LogP contribution in [0.2, 0.25) is 5.02 Å². The number of anilines is 1. The van der Waals surface area contributed by atoms with Crippen molar-refractivity contribution in [3.63, 3.8) is 0 Å². The van der Waals surface area contributed by atoms with Gasteiger partial charge in [-0.2, -0.15) is 0 Å². The van der Waals surface area contributed by atoms with Crippen molar-refractivity contribution < 1.29 is 4.79 Å². The topological polar surface area (TPSA) is 71.8 Å². The minimum absolute atomic E-state index is 0.117. The van der Waals surface area contributed by atoms with Crippen LogP contribution in [0, 0.1) is 13.8 Å². The highest BCUT2D eigenvalue weighted by molar-refractivity contribution is 8.00. The van der Waals surface area contributed by atoms with Crippen LogP contribution >= 0.6 is 23.4 Å². The highest BCUT2D eigenvalue weighted by atomic mass is 35.5. The van der Waals surface area contributed by atoms with Crippen LogP contribution in [0.5, 0.6) is 0 Å². The molecule has 1 amide bonds. The Labute approximate surface area is 166 Å². The van der Waals surface area contributed by atoms with Crippen LogP contribution in [0.3, 0.4) is 0 Å². The Morgan fingerprint density at radius 3 is 2.70 bits per heavy atom. The lowest BCUT2D eigenvalue weighted by molar-refractivity contribution is -0.116. The van der Waals surface area contributed by atoms with Crippen molar-refractivity contribution in [3.8, 4) is 0 Å². The molecule has 1 aliphatic heterocycles. The van der Waals surface area contributed by atoms with E-state index in [1.165, 1.54) is 11.8 Å². The van der Waals surface area contributed by atoms with Crippen molar-refractivity contribution in [3.05, 3.63) is 70.5 Å². The largest absolute Gasteiger partial charge is 0.325 e. The van der Waals surface area contributed by atoms with E-state index in [4.69, 9.17) is 11.6 Å². The van der Waals surface area contributed by atoms with Gasteiger partial charge in [-0.3, -0.25) is 4.79 Å². The van der Waals surface area contributed by atoms with Gasteiger partial charge in [0.2, 0.25) is 11.1 Å². The SMILES string of the molecule is Cc1ccc(NC(=O)[C@H]2Sc3nnc(C)n3N[C@@H]2c2ccccc2)cc1Cl. The summed E-state index contributed by atoms with van der Waals surface area (Å²) in [7, 11) is 0. The van der Waals surface area contributed by atoms with Gasteiger partial charge in [0, 0.05) is 10.7 Å². The van der Waals surface area contributed by atoms with Crippen molar-refractivity contribution in [2.75, 3.05) is 10.7 Å². The molecular formula is C19H18ClN5OS. The predicted molar refractivity (Wildman–Crippen MR) is 108 cm³/mol. The zero-order valence-corrected chi connectivity index (χ0v) is 16.4. The van der Waals surface area contributed by atoms with Crippen LogP contribution in [0.15, 0.2) is 53.7 Å². The van der Waals surface area contributed by atoms with E-state index in [0.29, 0.717) is 15.9 Å². The van der Waals surface area contributed by atoms with Gasteiger partial charge >= 0.3 is 0 Å². The fraction of sp³-hybridized carbons (Fsp3) is 0.211. The first-order valence-corrected chi connectivity index (χ1v) is 9.76. The van der Waals surface area contributed by atoms with Crippen LogP contribution in [-0.4, -0.2) is 26.0 Å². The first-order valence-electron chi connectivity index (χ1n) is 8.50. The highest BCUT2D eigenvalue weighted by Crippen LogP contribution is 2.37. The maximum absolute atomic E-state index is 13.1. The summed E-state index contributed by atoms with van der Waals surface area (Å²) in [4.78, 5) is 13.1. The summed E-state index contributed by atoms with van der Waals surface area (Å²) in [5, 5.41) is 12.1. The van der Waals surface area contributed by atoms with Crippen LogP contribution in [0.1, 0.15) is 23.0 Å². The zero-order chi connectivity index (χ0) is 19.0. The number of thioether (sulfide) groups is 1. The van der Waals surface area contributed by atoms with E-state index in [9.17, 15) is 4.79 Å². The number of aromatic nitrogens is 3. The molecule has 0 unspecified atom stereocenters. The Hall–Kier alpha value is -2.51.